The number of pyridine rings is 1. The second-order valence-electron chi connectivity index (χ2n) is 10.7. The molecule has 0 atom stereocenters. The minimum absolute atomic E-state index is 0.224. The summed E-state index contributed by atoms with van der Waals surface area (Å²) in [6, 6.07) is 17.1. The van der Waals surface area contributed by atoms with Crippen molar-refractivity contribution in [1.29, 1.82) is 0 Å². The van der Waals surface area contributed by atoms with E-state index in [9.17, 15) is 8.42 Å². The lowest BCUT2D eigenvalue weighted by Crippen LogP contribution is -2.48. The van der Waals surface area contributed by atoms with Crippen molar-refractivity contribution in [2.45, 2.75) is 36.9 Å². The Kier molecular flexibility index (Phi) is 8.80. The Balaban J connectivity index is 1.02. The van der Waals surface area contributed by atoms with Crippen LogP contribution in [0.5, 0.6) is 0 Å². The van der Waals surface area contributed by atoms with Gasteiger partial charge in [0, 0.05) is 67.2 Å². The molecule has 43 heavy (non-hydrogen) atoms. The first-order valence-electron chi connectivity index (χ1n) is 14.2. The first-order chi connectivity index (χ1) is 20.8. The van der Waals surface area contributed by atoms with E-state index in [2.05, 4.69) is 27.0 Å². The Morgan fingerprint density at radius 1 is 1.00 bits per heavy atom. The summed E-state index contributed by atoms with van der Waals surface area (Å²) in [5.74, 6) is -0.974. The summed E-state index contributed by atoms with van der Waals surface area (Å²) in [6.45, 7) is 5.68. The summed E-state index contributed by atoms with van der Waals surface area (Å²) in [4.78, 5) is 10.5. The van der Waals surface area contributed by atoms with E-state index in [-0.39, 0.29) is 11.0 Å². The Morgan fingerprint density at radius 3 is 2.42 bits per heavy atom. The van der Waals surface area contributed by atoms with Crippen molar-refractivity contribution in [1.82, 2.24) is 18.8 Å². The van der Waals surface area contributed by atoms with Crippen LogP contribution in [0.25, 0.3) is 0 Å². The molecule has 0 unspecified atom stereocenters. The maximum atomic E-state index is 12.9. The molecule has 2 fully saturated rings. The monoisotopic (exact) mass is 623 g/mol. The zero-order valence-corrected chi connectivity index (χ0v) is 25.5. The van der Waals surface area contributed by atoms with E-state index in [0.29, 0.717) is 57.6 Å². The molecule has 6 rings (SSSR count). The van der Waals surface area contributed by atoms with Gasteiger partial charge in [0.25, 0.3) is 0 Å². The second-order valence-corrected chi connectivity index (χ2v) is 13.1. The lowest BCUT2D eigenvalue weighted by molar-refractivity contribution is -0.313. The molecule has 2 saturated heterocycles. The highest BCUT2D eigenvalue weighted by Crippen LogP contribution is 2.36. The summed E-state index contributed by atoms with van der Waals surface area (Å²) < 4.78 is 48.3. The zero-order valence-electron chi connectivity index (χ0n) is 23.9. The van der Waals surface area contributed by atoms with Crippen LogP contribution in [0.3, 0.4) is 0 Å². The van der Waals surface area contributed by atoms with E-state index in [1.807, 2.05) is 48.0 Å². The predicted molar refractivity (Wildman–Crippen MR) is 162 cm³/mol. The summed E-state index contributed by atoms with van der Waals surface area (Å²) >= 11 is 6.22. The highest BCUT2D eigenvalue weighted by Gasteiger charge is 2.41. The van der Waals surface area contributed by atoms with Crippen molar-refractivity contribution >= 4 is 27.3 Å². The molecule has 2 aliphatic rings. The van der Waals surface area contributed by atoms with Gasteiger partial charge in [0.1, 0.15) is 11.0 Å². The Labute approximate surface area is 256 Å². The van der Waals surface area contributed by atoms with Gasteiger partial charge in [-0.1, -0.05) is 29.8 Å². The molecule has 0 aliphatic carbocycles. The third-order valence-corrected chi connectivity index (χ3v) is 9.97. The summed E-state index contributed by atoms with van der Waals surface area (Å²) in [7, 11) is -3.54. The first kappa shape index (κ1) is 29.7. The van der Waals surface area contributed by atoms with Gasteiger partial charge in [-0.25, -0.2) is 13.4 Å². The molecule has 226 valence electrons. The van der Waals surface area contributed by atoms with Gasteiger partial charge in [-0.15, -0.1) is 0 Å². The Hall–Kier alpha value is -3.32. The number of imidazole rings is 1. The number of hydrogen-bond donors (Lipinski definition) is 0. The quantitative estimate of drug-likeness (QED) is 0.273. The van der Waals surface area contributed by atoms with Gasteiger partial charge in [0.2, 0.25) is 15.8 Å². The molecule has 2 aliphatic heterocycles. The number of piperazine rings is 1. The normalized spacial score (nSPS) is 21.6. The van der Waals surface area contributed by atoms with Crippen molar-refractivity contribution in [2.24, 2.45) is 0 Å². The number of ether oxygens (including phenoxy) is 3. The number of halogens is 1. The van der Waals surface area contributed by atoms with Crippen molar-refractivity contribution < 1.29 is 22.6 Å². The number of rotatable bonds is 9. The SMILES string of the molecule is Cc1cc(Cl)ccc1C1(Cn2ccnc2)OCC(OCc2ccc(N3CCN(S(=O)(=O)c4cccnc4)CC3)cc2)CO1. The molecule has 2 aromatic heterocycles. The molecule has 0 radical (unpaired) electrons. The van der Waals surface area contributed by atoms with Crippen LogP contribution in [-0.4, -0.2) is 72.8 Å². The largest absolute Gasteiger partial charge is 0.369 e. The number of sulfonamides is 1. The van der Waals surface area contributed by atoms with Crippen molar-refractivity contribution in [3.63, 3.8) is 0 Å². The Morgan fingerprint density at radius 2 is 1.77 bits per heavy atom. The highest BCUT2D eigenvalue weighted by molar-refractivity contribution is 7.89. The minimum atomic E-state index is -3.54. The molecule has 12 heteroatoms. The molecule has 0 spiro atoms. The van der Waals surface area contributed by atoms with E-state index in [4.69, 9.17) is 25.8 Å². The average molecular weight is 624 g/mol. The third kappa shape index (κ3) is 6.62. The molecule has 4 aromatic rings. The number of aryl methyl sites for hydroxylation is 1. The maximum absolute atomic E-state index is 12.9. The average Bonchev–Trinajstić information content (AvgIpc) is 3.54. The van der Waals surface area contributed by atoms with Crippen LogP contribution in [0.1, 0.15) is 16.7 Å². The van der Waals surface area contributed by atoms with Gasteiger partial charge in [0.05, 0.1) is 32.7 Å². The molecule has 4 heterocycles. The lowest BCUT2D eigenvalue weighted by atomic mass is 9.98. The highest BCUT2D eigenvalue weighted by atomic mass is 35.5. The van der Waals surface area contributed by atoms with Gasteiger partial charge >= 0.3 is 0 Å². The van der Waals surface area contributed by atoms with Crippen LogP contribution in [0, 0.1) is 6.92 Å². The van der Waals surface area contributed by atoms with E-state index in [1.54, 1.807) is 30.9 Å². The first-order valence-corrected chi connectivity index (χ1v) is 16.0. The molecule has 2 aromatic carbocycles. The van der Waals surface area contributed by atoms with Crippen LogP contribution in [-0.2, 0) is 43.2 Å². The van der Waals surface area contributed by atoms with Crippen LogP contribution < -0.4 is 4.90 Å². The van der Waals surface area contributed by atoms with Gasteiger partial charge in [0.15, 0.2) is 0 Å². The topological polar surface area (TPSA) is 99.0 Å². The van der Waals surface area contributed by atoms with Crippen LogP contribution in [0.2, 0.25) is 5.02 Å². The van der Waals surface area contributed by atoms with E-state index < -0.39 is 15.8 Å². The fourth-order valence-corrected chi connectivity index (χ4v) is 7.11. The van der Waals surface area contributed by atoms with E-state index >= 15 is 0 Å². The van der Waals surface area contributed by atoms with Crippen LogP contribution >= 0.6 is 11.6 Å². The summed E-state index contributed by atoms with van der Waals surface area (Å²) in [6.07, 6.45) is 8.11. The van der Waals surface area contributed by atoms with Gasteiger partial charge in [-0.3, -0.25) is 4.98 Å². The van der Waals surface area contributed by atoms with Gasteiger partial charge in [-0.2, -0.15) is 4.31 Å². The predicted octanol–water partition coefficient (Wildman–Crippen LogP) is 4.24. The fourth-order valence-electron chi connectivity index (χ4n) is 5.50. The second kappa shape index (κ2) is 12.7. The molecule has 0 bridgehead atoms. The smallest absolute Gasteiger partial charge is 0.244 e. The molecule has 0 N–H and O–H groups in total. The fraction of sp³-hybridized carbons (Fsp3) is 0.355. The molecular weight excluding hydrogens is 590 g/mol. The number of anilines is 1. The minimum Gasteiger partial charge on any atom is -0.369 e. The molecular formula is C31H34ClN5O5S. The number of nitrogens with zero attached hydrogens (tertiary/aromatic N) is 5. The summed E-state index contributed by atoms with van der Waals surface area (Å²) in [5.41, 5.74) is 4.00. The standard InChI is InChI=1S/C31H34ClN5O5S/c1-24-17-26(32)6-9-30(24)31(22-35-12-11-34-23-35)41-20-28(21-42-31)40-19-25-4-7-27(8-5-25)36-13-15-37(16-14-36)43(38,39)29-3-2-10-33-18-29/h2-12,17-18,23,28H,13-16,19-22H2,1H3. The van der Waals surface area contributed by atoms with Gasteiger partial charge in [-0.05, 0) is 54.4 Å². The third-order valence-electron chi connectivity index (χ3n) is 7.85. The maximum Gasteiger partial charge on any atom is 0.244 e. The molecule has 0 amide bonds. The van der Waals surface area contributed by atoms with Crippen LogP contribution in [0.15, 0.2) is 90.6 Å². The van der Waals surface area contributed by atoms with Crippen LogP contribution in [0.4, 0.5) is 5.69 Å². The van der Waals surface area contributed by atoms with Crippen molar-refractivity contribution in [2.75, 3.05) is 44.3 Å². The Bertz CT molecular complexity index is 1600. The number of benzene rings is 2. The number of hydrogen-bond acceptors (Lipinski definition) is 8. The summed E-state index contributed by atoms with van der Waals surface area (Å²) in [5, 5.41) is 0.665. The van der Waals surface area contributed by atoms with Gasteiger partial charge < -0.3 is 23.7 Å². The zero-order chi connectivity index (χ0) is 29.9. The molecule has 10 nitrogen and oxygen atoms in total. The van der Waals surface area contributed by atoms with Crippen molar-refractivity contribution in [3.05, 3.63) is 107 Å². The number of aromatic nitrogens is 3. The van der Waals surface area contributed by atoms with E-state index in [1.165, 1.54) is 10.5 Å². The van der Waals surface area contributed by atoms with Crippen molar-refractivity contribution in [3.8, 4) is 0 Å². The molecule has 0 saturated carbocycles. The lowest BCUT2D eigenvalue weighted by Gasteiger charge is -2.41. The van der Waals surface area contributed by atoms with E-state index in [0.717, 1.165) is 22.4 Å².